The van der Waals surface area contributed by atoms with Gasteiger partial charge in [0.2, 0.25) is 0 Å². The van der Waals surface area contributed by atoms with Gasteiger partial charge >= 0.3 is 0 Å². The lowest BCUT2D eigenvalue weighted by molar-refractivity contribution is 0.0949. The maximum absolute atomic E-state index is 13.0. The third kappa shape index (κ3) is 3.64. The number of carbonyl (C=O) groups excluding carboxylic acids is 1. The molecular weight excluding hydrogens is 400 g/mol. The number of para-hydroxylation sites is 1. The van der Waals surface area contributed by atoms with Crippen molar-refractivity contribution in [1.82, 2.24) is 15.2 Å². The molecule has 3 aromatic carbocycles. The first-order chi connectivity index (χ1) is 15.8. The van der Waals surface area contributed by atoms with Crippen LogP contribution in [0.1, 0.15) is 40.7 Å². The summed E-state index contributed by atoms with van der Waals surface area (Å²) in [5, 5.41) is 11.0. The number of rotatable bonds is 6. The average Bonchev–Trinajstić information content (AvgIpc) is 3.44. The van der Waals surface area contributed by atoms with Gasteiger partial charge in [-0.05, 0) is 55.2 Å². The minimum atomic E-state index is -0.299. The number of hydrogen-bond donors (Lipinski definition) is 1. The van der Waals surface area contributed by atoms with Crippen molar-refractivity contribution in [3.63, 3.8) is 0 Å². The van der Waals surface area contributed by atoms with Crippen LogP contribution in [-0.4, -0.2) is 28.5 Å². The quantitative estimate of drug-likeness (QED) is 0.361. The van der Waals surface area contributed by atoms with Gasteiger partial charge in [-0.15, -0.1) is 0 Å². The summed E-state index contributed by atoms with van der Waals surface area (Å²) in [6.07, 6.45) is 4.45. The molecule has 5 rings (SSSR count). The van der Waals surface area contributed by atoms with E-state index in [1.165, 1.54) is 0 Å². The highest BCUT2D eigenvalue weighted by Crippen LogP contribution is 2.28. The number of nitrogens with one attached hydrogen (secondary N) is 1. The van der Waals surface area contributed by atoms with Crippen LogP contribution in [0.25, 0.3) is 16.5 Å². The first kappa shape index (κ1) is 20.0. The number of ether oxygens (including phenoxy) is 1. The van der Waals surface area contributed by atoms with E-state index in [-0.39, 0.29) is 5.91 Å². The van der Waals surface area contributed by atoms with E-state index in [9.17, 15) is 4.79 Å². The Morgan fingerprint density at radius 2 is 1.91 bits per heavy atom. The van der Waals surface area contributed by atoms with E-state index >= 15 is 0 Å². The number of fused-ring (bicyclic) bond motifs is 2. The predicted molar refractivity (Wildman–Crippen MR) is 126 cm³/mol. The normalized spacial score (nSPS) is 12.9. The summed E-state index contributed by atoms with van der Waals surface area (Å²) in [4.78, 5) is 13.0. The van der Waals surface area contributed by atoms with Crippen LogP contribution in [0.2, 0.25) is 0 Å². The second-order valence-corrected chi connectivity index (χ2v) is 7.71. The SMILES string of the molecule is CCOc1ccc2ccccc2c1/C=N/NC(=O)c1nn(-c2ccccc2)c2c1CCC2. The van der Waals surface area contributed by atoms with Crippen molar-refractivity contribution in [3.8, 4) is 11.4 Å². The van der Waals surface area contributed by atoms with Gasteiger partial charge in [0.25, 0.3) is 5.91 Å². The van der Waals surface area contributed by atoms with Crippen LogP contribution in [0.3, 0.4) is 0 Å². The van der Waals surface area contributed by atoms with Gasteiger partial charge in [0, 0.05) is 16.8 Å². The molecule has 1 aromatic heterocycles. The number of nitrogens with zero attached hydrogens (tertiary/aromatic N) is 3. The third-order valence-corrected chi connectivity index (χ3v) is 5.74. The largest absolute Gasteiger partial charge is 0.493 e. The van der Waals surface area contributed by atoms with E-state index in [1.54, 1.807) is 6.21 Å². The second kappa shape index (κ2) is 8.67. The molecule has 1 aliphatic rings. The summed E-state index contributed by atoms with van der Waals surface area (Å²) in [5.41, 5.74) is 7.05. The Morgan fingerprint density at radius 3 is 2.75 bits per heavy atom. The number of hydrogen-bond acceptors (Lipinski definition) is 4. The molecule has 0 atom stereocenters. The highest BCUT2D eigenvalue weighted by Gasteiger charge is 2.26. The molecule has 1 heterocycles. The van der Waals surface area contributed by atoms with Gasteiger partial charge in [0.1, 0.15) is 5.75 Å². The Kier molecular flexibility index (Phi) is 5.42. The maximum Gasteiger partial charge on any atom is 0.292 e. The predicted octanol–water partition coefficient (Wildman–Crippen LogP) is 4.68. The van der Waals surface area contributed by atoms with E-state index in [0.717, 1.165) is 58.3 Å². The highest BCUT2D eigenvalue weighted by molar-refractivity contribution is 6.03. The molecule has 160 valence electrons. The lowest BCUT2D eigenvalue weighted by atomic mass is 10.0. The fraction of sp³-hybridized carbons (Fsp3) is 0.192. The Morgan fingerprint density at radius 1 is 1.09 bits per heavy atom. The molecule has 0 saturated heterocycles. The zero-order chi connectivity index (χ0) is 21.9. The van der Waals surface area contributed by atoms with Crippen molar-refractivity contribution in [1.29, 1.82) is 0 Å². The monoisotopic (exact) mass is 424 g/mol. The fourth-order valence-electron chi connectivity index (χ4n) is 4.30. The summed E-state index contributed by atoms with van der Waals surface area (Å²) in [7, 11) is 0. The molecule has 1 aliphatic carbocycles. The van der Waals surface area contributed by atoms with Gasteiger partial charge in [-0.25, -0.2) is 10.1 Å². The topological polar surface area (TPSA) is 68.5 Å². The molecule has 0 unspecified atom stereocenters. The molecule has 6 nitrogen and oxygen atoms in total. The zero-order valence-electron chi connectivity index (χ0n) is 17.9. The Hall–Kier alpha value is -3.93. The minimum Gasteiger partial charge on any atom is -0.493 e. The van der Waals surface area contributed by atoms with E-state index in [1.807, 2.05) is 78.3 Å². The molecule has 6 heteroatoms. The van der Waals surface area contributed by atoms with E-state index in [2.05, 4.69) is 15.6 Å². The van der Waals surface area contributed by atoms with Crippen molar-refractivity contribution in [3.05, 3.63) is 89.2 Å². The summed E-state index contributed by atoms with van der Waals surface area (Å²) >= 11 is 0. The molecule has 0 fully saturated rings. The van der Waals surface area contributed by atoms with Gasteiger partial charge in [-0.2, -0.15) is 10.2 Å². The number of amides is 1. The van der Waals surface area contributed by atoms with E-state index in [0.29, 0.717) is 12.3 Å². The van der Waals surface area contributed by atoms with Crippen LogP contribution >= 0.6 is 0 Å². The van der Waals surface area contributed by atoms with Gasteiger partial charge in [0.05, 0.1) is 18.5 Å². The van der Waals surface area contributed by atoms with Crippen LogP contribution in [0, 0.1) is 0 Å². The molecule has 4 aromatic rings. The van der Waals surface area contributed by atoms with Crippen LogP contribution < -0.4 is 10.2 Å². The summed E-state index contributed by atoms with van der Waals surface area (Å²) in [6, 6.07) is 21.9. The van der Waals surface area contributed by atoms with Crippen LogP contribution in [-0.2, 0) is 12.8 Å². The average molecular weight is 425 g/mol. The van der Waals surface area contributed by atoms with Crippen molar-refractivity contribution in [2.45, 2.75) is 26.2 Å². The Bertz CT molecular complexity index is 1310. The first-order valence-electron chi connectivity index (χ1n) is 10.9. The smallest absolute Gasteiger partial charge is 0.292 e. The molecule has 0 aliphatic heterocycles. The van der Waals surface area contributed by atoms with Gasteiger partial charge in [-0.3, -0.25) is 4.79 Å². The number of benzene rings is 3. The number of hydrazone groups is 1. The van der Waals surface area contributed by atoms with Crippen LogP contribution in [0.4, 0.5) is 0 Å². The maximum atomic E-state index is 13.0. The van der Waals surface area contributed by atoms with Crippen LogP contribution in [0.15, 0.2) is 71.8 Å². The van der Waals surface area contributed by atoms with E-state index < -0.39 is 0 Å². The lowest BCUT2D eigenvalue weighted by Crippen LogP contribution is -2.20. The Balaban J connectivity index is 1.43. The van der Waals surface area contributed by atoms with Gasteiger partial charge in [-0.1, -0.05) is 48.5 Å². The van der Waals surface area contributed by atoms with Crippen molar-refractivity contribution >= 4 is 22.9 Å². The molecule has 0 spiro atoms. The van der Waals surface area contributed by atoms with Crippen molar-refractivity contribution in [2.24, 2.45) is 5.10 Å². The van der Waals surface area contributed by atoms with Gasteiger partial charge < -0.3 is 4.74 Å². The minimum absolute atomic E-state index is 0.299. The molecule has 0 bridgehead atoms. The number of aromatic nitrogens is 2. The third-order valence-electron chi connectivity index (χ3n) is 5.74. The molecule has 0 radical (unpaired) electrons. The highest BCUT2D eigenvalue weighted by atomic mass is 16.5. The van der Waals surface area contributed by atoms with E-state index in [4.69, 9.17) is 4.74 Å². The fourth-order valence-corrected chi connectivity index (χ4v) is 4.30. The molecule has 1 N–H and O–H groups in total. The van der Waals surface area contributed by atoms with Crippen molar-refractivity contribution < 1.29 is 9.53 Å². The summed E-state index contributed by atoms with van der Waals surface area (Å²) < 4.78 is 7.67. The van der Waals surface area contributed by atoms with Gasteiger partial charge in [0.15, 0.2) is 5.69 Å². The first-order valence-corrected chi connectivity index (χ1v) is 10.9. The molecule has 32 heavy (non-hydrogen) atoms. The summed E-state index contributed by atoms with van der Waals surface area (Å²) in [5.74, 6) is 0.436. The zero-order valence-corrected chi connectivity index (χ0v) is 17.9. The number of carbonyl (C=O) groups is 1. The Labute approximate surface area is 186 Å². The summed E-state index contributed by atoms with van der Waals surface area (Å²) in [6.45, 7) is 2.50. The second-order valence-electron chi connectivity index (χ2n) is 7.71. The lowest BCUT2D eigenvalue weighted by Gasteiger charge is -2.10. The molecular formula is C26H24N4O2. The molecule has 1 amide bonds. The molecule has 0 saturated carbocycles. The van der Waals surface area contributed by atoms with Crippen LogP contribution in [0.5, 0.6) is 5.75 Å². The standard InChI is InChI=1S/C26H24N4O2/c1-2-32-24-16-15-18-9-6-7-12-20(18)22(24)17-27-28-26(31)25-21-13-8-14-23(21)30(29-25)19-10-4-3-5-11-19/h3-7,9-12,15-17H,2,8,13-14H2,1H3,(H,28,31)/b27-17+. The van der Waals surface area contributed by atoms with Crippen molar-refractivity contribution in [2.75, 3.05) is 6.61 Å².